The minimum absolute atomic E-state index is 0.403. The van der Waals surface area contributed by atoms with E-state index in [0.29, 0.717) is 5.75 Å². The summed E-state index contributed by atoms with van der Waals surface area (Å²) in [6.07, 6.45) is 0. The van der Waals surface area contributed by atoms with Gasteiger partial charge in [-0.05, 0) is 12.1 Å². The third-order valence-electron chi connectivity index (χ3n) is 2.61. The van der Waals surface area contributed by atoms with Crippen LogP contribution in [-0.2, 0) is 23.9 Å². The first kappa shape index (κ1) is 14.0. The molecule has 0 aliphatic carbocycles. The van der Waals surface area contributed by atoms with Gasteiger partial charge in [0, 0.05) is 13.8 Å². The van der Waals surface area contributed by atoms with Gasteiger partial charge >= 0.3 is 11.9 Å². The van der Waals surface area contributed by atoms with Crippen molar-refractivity contribution in [3.05, 3.63) is 30.3 Å². The van der Waals surface area contributed by atoms with Crippen molar-refractivity contribution in [3.8, 4) is 5.75 Å². The number of cyclic esters (lactones) is 2. The molecule has 0 saturated carbocycles. The zero-order chi connectivity index (χ0) is 14.8. The van der Waals surface area contributed by atoms with Crippen LogP contribution in [-0.4, -0.2) is 30.1 Å². The van der Waals surface area contributed by atoms with Crippen molar-refractivity contribution < 1.29 is 28.6 Å². The number of hydrogen-bond donors (Lipinski definition) is 0. The highest BCUT2D eigenvalue weighted by atomic mass is 16.7. The second-order valence-electron chi connectivity index (χ2n) is 4.74. The van der Waals surface area contributed by atoms with Gasteiger partial charge < -0.3 is 14.2 Å². The molecule has 0 aromatic heterocycles. The number of ether oxygens (including phenoxy) is 3. The van der Waals surface area contributed by atoms with Gasteiger partial charge in [0.05, 0.1) is 0 Å². The van der Waals surface area contributed by atoms with Crippen LogP contribution in [0.3, 0.4) is 0 Å². The van der Waals surface area contributed by atoms with Crippen LogP contribution in [0.15, 0.2) is 30.3 Å². The molecule has 6 nitrogen and oxygen atoms in total. The van der Waals surface area contributed by atoms with Gasteiger partial charge in [0.15, 0.2) is 5.78 Å². The molecule has 0 unspecified atom stereocenters. The third-order valence-corrected chi connectivity index (χ3v) is 2.61. The molecule has 1 saturated heterocycles. The minimum atomic E-state index is -1.58. The molecule has 1 heterocycles. The van der Waals surface area contributed by atoms with Crippen molar-refractivity contribution in [1.82, 2.24) is 0 Å². The summed E-state index contributed by atoms with van der Waals surface area (Å²) in [5, 5.41) is 0. The number of rotatable bonds is 4. The van der Waals surface area contributed by atoms with E-state index in [1.165, 1.54) is 13.8 Å². The molecule has 1 aliphatic rings. The van der Waals surface area contributed by atoms with Gasteiger partial charge in [-0.2, -0.15) is 0 Å². The lowest BCUT2D eigenvalue weighted by Gasteiger charge is -2.32. The normalized spacial score (nSPS) is 18.1. The second kappa shape index (κ2) is 5.32. The predicted octanol–water partition coefficient (Wildman–Crippen LogP) is 1.09. The van der Waals surface area contributed by atoms with Crippen molar-refractivity contribution in [3.63, 3.8) is 0 Å². The Bertz CT molecular complexity index is 514. The molecule has 0 atom stereocenters. The van der Waals surface area contributed by atoms with Gasteiger partial charge in [-0.1, -0.05) is 18.2 Å². The van der Waals surface area contributed by atoms with Crippen LogP contribution in [0.2, 0.25) is 0 Å². The van der Waals surface area contributed by atoms with Gasteiger partial charge in [-0.15, -0.1) is 0 Å². The van der Waals surface area contributed by atoms with Crippen molar-refractivity contribution in [2.24, 2.45) is 5.92 Å². The number of benzene rings is 1. The van der Waals surface area contributed by atoms with Gasteiger partial charge in [-0.25, -0.2) is 0 Å². The van der Waals surface area contributed by atoms with Crippen LogP contribution in [0.4, 0.5) is 0 Å². The van der Waals surface area contributed by atoms with Crippen LogP contribution in [0.5, 0.6) is 5.75 Å². The number of Topliss-reactive ketones (excluding diaryl/α,β-unsaturated/α-hetero) is 1. The highest BCUT2D eigenvalue weighted by Gasteiger charge is 2.47. The second-order valence-corrected chi connectivity index (χ2v) is 4.74. The lowest BCUT2D eigenvalue weighted by atomic mass is 10.0. The summed E-state index contributed by atoms with van der Waals surface area (Å²) in [4.78, 5) is 35.2. The van der Waals surface area contributed by atoms with Crippen LogP contribution >= 0.6 is 0 Å². The highest BCUT2D eigenvalue weighted by molar-refractivity contribution is 6.16. The molecule has 1 aliphatic heterocycles. The molecule has 0 N–H and O–H groups in total. The third kappa shape index (κ3) is 3.14. The van der Waals surface area contributed by atoms with E-state index in [-0.39, 0.29) is 0 Å². The molecule has 1 aromatic carbocycles. The number of hydrogen-bond acceptors (Lipinski definition) is 6. The molecule has 0 bridgehead atoms. The van der Waals surface area contributed by atoms with Crippen molar-refractivity contribution in [2.75, 3.05) is 6.61 Å². The van der Waals surface area contributed by atoms with Gasteiger partial charge in [0.2, 0.25) is 5.92 Å². The van der Waals surface area contributed by atoms with E-state index < -0.39 is 36.0 Å². The molecule has 0 radical (unpaired) electrons. The summed E-state index contributed by atoms with van der Waals surface area (Å²) in [5.74, 6) is -4.96. The molecule has 106 valence electrons. The number of carbonyl (C=O) groups is 3. The fourth-order valence-corrected chi connectivity index (χ4v) is 1.74. The first-order valence-corrected chi connectivity index (χ1v) is 6.05. The molecule has 1 aromatic rings. The summed E-state index contributed by atoms with van der Waals surface area (Å²) >= 11 is 0. The molecule has 2 rings (SSSR count). The Labute approximate surface area is 115 Å². The summed E-state index contributed by atoms with van der Waals surface area (Å²) in [5.41, 5.74) is 0. The quantitative estimate of drug-likeness (QED) is 0.606. The minimum Gasteiger partial charge on any atom is -0.486 e. The standard InChI is InChI=1S/C14H14O6/c1-14(2)19-12(16)11(13(17)20-14)10(15)8-18-9-6-4-3-5-7-9/h3-7,11H,8H2,1-2H3. The van der Waals surface area contributed by atoms with E-state index in [0.717, 1.165) is 0 Å². The monoisotopic (exact) mass is 278 g/mol. The summed E-state index contributed by atoms with van der Waals surface area (Å²) in [6.45, 7) is 2.44. The maximum Gasteiger partial charge on any atom is 0.331 e. The van der Waals surface area contributed by atoms with E-state index in [1.54, 1.807) is 30.3 Å². The Kier molecular flexibility index (Phi) is 3.74. The first-order chi connectivity index (χ1) is 9.39. The topological polar surface area (TPSA) is 78.9 Å². The zero-order valence-electron chi connectivity index (χ0n) is 11.1. The average molecular weight is 278 g/mol. The van der Waals surface area contributed by atoms with Crippen LogP contribution in [0, 0.1) is 5.92 Å². The average Bonchev–Trinajstić information content (AvgIpc) is 2.35. The lowest BCUT2D eigenvalue weighted by molar-refractivity contribution is -0.238. The Morgan fingerprint density at radius 2 is 1.70 bits per heavy atom. The molecule has 0 spiro atoms. The predicted molar refractivity (Wildman–Crippen MR) is 66.7 cm³/mol. The molecule has 1 fully saturated rings. The number of ketones is 1. The SMILES string of the molecule is CC1(C)OC(=O)C(C(=O)COc2ccccc2)C(=O)O1. The molecular formula is C14H14O6. The molecule has 6 heteroatoms. The Morgan fingerprint density at radius 1 is 1.15 bits per heavy atom. The largest absolute Gasteiger partial charge is 0.486 e. The Hall–Kier alpha value is -2.37. The lowest BCUT2D eigenvalue weighted by Crippen LogP contribution is -2.50. The summed E-state index contributed by atoms with van der Waals surface area (Å²) in [6, 6.07) is 8.60. The van der Waals surface area contributed by atoms with E-state index in [2.05, 4.69) is 0 Å². The van der Waals surface area contributed by atoms with E-state index >= 15 is 0 Å². The molecule has 20 heavy (non-hydrogen) atoms. The smallest absolute Gasteiger partial charge is 0.331 e. The van der Waals surface area contributed by atoms with E-state index in [9.17, 15) is 14.4 Å². The maximum atomic E-state index is 11.9. The van der Waals surface area contributed by atoms with Gasteiger partial charge in [0.25, 0.3) is 5.79 Å². The van der Waals surface area contributed by atoms with Crippen molar-refractivity contribution in [2.45, 2.75) is 19.6 Å². The van der Waals surface area contributed by atoms with Gasteiger partial charge in [0.1, 0.15) is 12.4 Å². The fourth-order valence-electron chi connectivity index (χ4n) is 1.74. The Morgan fingerprint density at radius 3 is 2.25 bits per heavy atom. The zero-order valence-corrected chi connectivity index (χ0v) is 11.1. The van der Waals surface area contributed by atoms with Crippen LogP contribution < -0.4 is 4.74 Å². The number of para-hydroxylation sites is 1. The highest BCUT2D eigenvalue weighted by Crippen LogP contribution is 2.23. The molecular weight excluding hydrogens is 264 g/mol. The Balaban J connectivity index is 1.99. The summed E-state index contributed by atoms with van der Waals surface area (Å²) in [7, 11) is 0. The number of carbonyl (C=O) groups excluding carboxylic acids is 3. The van der Waals surface area contributed by atoms with Crippen LogP contribution in [0.25, 0.3) is 0 Å². The van der Waals surface area contributed by atoms with E-state index in [4.69, 9.17) is 14.2 Å². The van der Waals surface area contributed by atoms with E-state index in [1.807, 2.05) is 0 Å². The van der Waals surface area contributed by atoms with Crippen molar-refractivity contribution in [1.29, 1.82) is 0 Å². The van der Waals surface area contributed by atoms with Crippen molar-refractivity contribution >= 4 is 17.7 Å². The molecule has 0 amide bonds. The fraction of sp³-hybridized carbons (Fsp3) is 0.357. The maximum absolute atomic E-state index is 11.9. The summed E-state index contributed by atoms with van der Waals surface area (Å²) < 4.78 is 14.9. The van der Waals surface area contributed by atoms with Gasteiger partial charge in [-0.3, -0.25) is 14.4 Å². The number of esters is 2. The van der Waals surface area contributed by atoms with Crippen LogP contribution in [0.1, 0.15) is 13.8 Å². The first-order valence-electron chi connectivity index (χ1n) is 6.05.